The summed E-state index contributed by atoms with van der Waals surface area (Å²) in [6.07, 6.45) is 6.38. The summed E-state index contributed by atoms with van der Waals surface area (Å²) in [6.45, 7) is 2.31. The number of aromatic hydroxyl groups is 3. The Morgan fingerprint density at radius 1 is 1.00 bits per heavy atom. The highest BCUT2D eigenvalue weighted by Gasteiger charge is 2.20. The maximum absolute atomic E-state index is 13.0. The highest BCUT2D eigenvalue weighted by atomic mass is 16.3. The van der Waals surface area contributed by atoms with Crippen LogP contribution in [0.2, 0.25) is 0 Å². The summed E-state index contributed by atoms with van der Waals surface area (Å²) in [7, 11) is 0. The van der Waals surface area contributed by atoms with Gasteiger partial charge in [-0.15, -0.1) is 0 Å². The standard InChI is InChI=1S/C23H22N2O4/c1-16(19-4-6-20(26)7-5-19)25(15-18-10-12-24-13-11-18)23(29)9-3-17-2-8-21(27)22(28)14-17/h2-14,16,26-28H,15H2,1H3/b9-3+. The van der Waals surface area contributed by atoms with Crippen LogP contribution >= 0.6 is 0 Å². The molecule has 0 fully saturated rings. The second kappa shape index (κ2) is 8.93. The Balaban J connectivity index is 1.86. The van der Waals surface area contributed by atoms with Crippen LogP contribution in [-0.4, -0.2) is 31.1 Å². The molecule has 0 aliphatic heterocycles. The molecule has 29 heavy (non-hydrogen) atoms. The predicted molar refractivity (Wildman–Crippen MR) is 110 cm³/mol. The number of carbonyl (C=O) groups is 1. The lowest BCUT2D eigenvalue weighted by Crippen LogP contribution is -2.31. The minimum absolute atomic E-state index is 0.167. The minimum Gasteiger partial charge on any atom is -0.508 e. The summed E-state index contributed by atoms with van der Waals surface area (Å²) in [5.41, 5.74) is 2.42. The van der Waals surface area contributed by atoms with Crippen molar-refractivity contribution in [3.05, 3.63) is 89.8 Å². The number of rotatable bonds is 6. The molecule has 0 aliphatic rings. The first-order valence-electron chi connectivity index (χ1n) is 9.12. The van der Waals surface area contributed by atoms with E-state index in [4.69, 9.17) is 0 Å². The Labute approximate surface area is 169 Å². The number of benzene rings is 2. The average molecular weight is 390 g/mol. The molecule has 148 valence electrons. The quantitative estimate of drug-likeness (QED) is 0.437. The molecular formula is C23H22N2O4. The van der Waals surface area contributed by atoms with Crippen LogP contribution < -0.4 is 0 Å². The van der Waals surface area contributed by atoms with Crippen molar-refractivity contribution < 1.29 is 20.1 Å². The summed E-state index contributed by atoms with van der Waals surface area (Å²) >= 11 is 0. The van der Waals surface area contributed by atoms with Gasteiger partial charge in [0.2, 0.25) is 5.91 Å². The average Bonchev–Trinajstić information content (AvgIpc) is 2.73. The van der Waals surface area contributed by atoms with Crippen molar-refractivity contribution >= 4 is 12.0 Å². The lowest BCUT2D eigenvalue weighted by molar-refractivity contribution is -0.128. The van der Waals surface area contributed by atoms with Crippen molar-refractivity contribution in [2.75, 3.05) is 0 Å². The van der Waals surface area contributed by atoms with E-state index in [1.807, 2.05) is 19.1 Å². The molecule has 6 heteroatoms. The number of aromatic nitrogens is 1. The summed E-state index contributed by atoms with van der Waals surface area (Å²) in [5.74, 6) is -0.505. The topological polar surface area (TPSA) is 93.9 Å². The van der Waals surface area contributed by atoms with Gasteiger partial charge in [-0.05, 0) is 66.1 Å². The first-order chi connectivity index (χ1) is 13.9. The van der Waals surface area contributed by atoms with Gasteiger partial charge in [0.05, 0.1) is 6.04 Å². The molecule has 1 atom stereocenters. The molecule has 3 rings (SSSR count). The Morgan fingerprint density at radius 2 is 1.69 bits per heavy atom. The van der Waals surface area contributed by atoms with Crippen LogP contribution in [0.15, 0.2) is 73.1 Å². The van der Waals surface area contributed by atoms with E-state index in [9.17, 15) is 20.1 Å². The number of phenolic OH excluding ortho intramolecular Hbond substituents is 3. The number of carbonyl (C=O) groups excluding carboxylic acids is 1. The van der Waals surface area contributed by atoms with Gasteiger partial charge in [-0.2, -0.15) is 0 Å². The van der Waals surface area contributed by atoms with E-state index in [1.165, 1.54) is 18.2 Å². The molecule has 0 bridgehead atoms. The Hall–Kier alpha value is -3.80. The first kappa shape index (κ1) is 19.9. The molecule has 1 amide bonds. The monoisotopic (exact) mass is 390 g/mol. The number of pyridine rings is 1. The van der Waals surface area contributed by atoms with E-state index < -0.39 is 0 Å². The van der Waals surface area contributed by atoms with Crippen molar-refractivity contribution in [3.8, 4) is 17.2 Å². The van der Waals surface area contributed by atoms with Gasteiger partial charge in [0.15, 0.2) is 11.5 Å². The van der Waals surface area contributed by atoms with Crippen LogP contribution in [0.5, 0.6) is 17.2 Å². The van der Waals surface area contributed by atoms with Gasteiger partial charge in [-0.1, -0.05) is 18.2 Å². The third-order valence-electron chi connectivity index (χ3n) is 4.65. The highest BCUT2D eigenvalue weighted by Crippen LogP contribution is 2.27. The van der Waals surface area contributed by atoms with Crippen molar-refractivity contribution in [1.29, 1.82) is 0 Å². The molecule has 1 heterocycles. The maximum atomic E-state index is 13.0. The van der Waals surface area contributed by atoms with Crippen LogP contribution in [0.3, 0.4) is 0 Å². The molecule has 0 radical (unpaired) electrons. The zero-order valence-corrected chi connectivity index (χ0v) is 15.9. The Kier molecular flexibility index (Phi) is 6.14. The van der Waals surface area contributed by atoms with Gasteiger partial charge in [-0.25, -0.2) is 0 Å². The van der Waals surface area contributed by atoms with E-state index in [1.54, 1.807) is 53.7 Å². The van der Waals surface area contributed by atoms with Crippen molar-refractivity contribution in [3.63, 3.8) is 0 Å². The molecule has 0 saturated carbocycles. The number of hydrogen-bond acceptors (Lipinski definition) is 5. The fraction of sp³-hybridized carbons (Fsp3) is 0.130. The third-order valence-corrected chi connectivity index (χ3v) is 4.65. The SMILES string of the molecule is CC(c1ccc(O)cc1)N(Cc1ccncc1)C(=O)/C=C/c1ccc(O)c(O)c1. The number of hydrogen-bond donors (Lipinski definition) is 3. The van der Waals surface area contributed by atoms with Crippen LogP contribution in [-0.2, 0) is 11.3 Å². The summed E-state index contributed by atoms with van der Waals surface area (Å²) in [5, 5.41) is 28.6. The fourth-order valence-electron chi connectivity index (χ4n) is 2.93. The molecule has 1 aromatic heterocycles. The molecule has 0 aliphatic carbocycles. The lowest BCUT2D eigenvalue weighted by atomic mass is 10.1. The Bertz CT molecular complexity index is 1000. The van der Waals surface area contributed by atoms with Crippen LogP contribution in [0.1, 0.15) is 29.7 Å². The van der Waals surface area contributed by atoms with E-state index >= 15 is 0 Å². The largest absolute Gasteiger partial charge is 0.508 e. The maximum Gasteiger partial charge on any atom is 0.247 e. The molecule has 3 N–H and O–H groups in total. The molecule has 2 aromatic carbocycles. The summed E-state index contributed by atoms with van der Waals surface area (Å²) in [4.78, 5) is 18.7. The molecule has 1 unspecified atom stereocenters. The number of amides is 1. The fourth-order valence-corrected chi connectivity index (χ4v) is 2.93. The lowest BCUT2D eigenvalue weighted by Gasteiger charge is -2.29. The van der Waals surface area contributed by atoms with Gasteiger partial charge in [0, 0.05) is 25.0 Å². The van der Waals surface area contributed by atoms with Gasteiger partial charge >= 0.3 is 0 Å². The normalized spacial score (nSPS) is 12.0. The van der Waals surface area contributed by atoms with Gasteiger partial charge in [0.25, 0.3) is 0 Å². The molecule has 6 nitrogen and oxygen atoms in total. The smallest absolute Gasteiger partial charge is 0.247 e. The molecule has 3 aromatic rings. The van der Waals surface area contributed by atoms with Crippen molar-refractivity contribution in [2.24, 2.45) is 0 Å². The third kappa shape index (κ3) is 5.13. The molecule has 0 spiro atoms. The Morgan fingerprint density at radius 3 is 2.34 bits per heavy atom. The highest BCUT2D eigenvalue weighted by molar-refractivity contribution is 5.92. The summed E-state index contributed by atoms with van der Waals surface area (Å²) < 4.78 is 0. The van der Waals surface area contributed by atoms with Crippen LogP contribution in [0, 0.1) is 0 Å². The van der Waals surface area contributed by atoms with E-state index in [-0.39, 0.29) is 29.2 Å². The van der Waals surface area contributed by atoms with E-state index in [0.29, 0.717) is 12.1 Å². The van der Waals surface area contributed by atoms with Crippen molar-refractivity contribution in [2.45, 2.75) is 19.5 Å². The second-order valence-corrected chi connectivity index (χ2v) is 6.67. The van der Waals surface area contributed by atoms with Crippen molar-refractivity contribution in [1.82, 2.24) is 9.88 Å². The van der Waals surface area contributed by atoms with Gasteiger partial charge in [-0.3, -0.25) is 9.78 Å². The van der Waals surface area contributed by atoms with E-state index in [2.05, 4.69) is 4.98 Å². The van der Waals surface area contributed by atoms with Gasteiger partial charge in [0.1, 0.15) is 5.75 Å². The second-order valence-electron chi connectivity index (χ2n) is 6.67. The van der Waals surface area contributed by atoms with Crippen LogP contribution in [0.25, 0.3) is 6.08 Å². The zero-order valence-electron chi connectivity index (χ0n) is 15.9. The van der Waals surface area contributed by atoms with E-state index in [0.717, 1.165) is 11.1 Å². The zero-order chi connectivity index (χ0) is 20.8. The predicted octanol–water partition coefficient (Wildman–Crippen LogP) is 4.00. The molecule has 0 saturated heterocycles. The number of phenols is 3. The summed E-state index contributed by atoms with van der Waals surface area (Å²) in [6, 6.07) is 14.6. The minimum atomic E-state index is -0.245. The van der Waals surface area contributed by atoms with Gasteiger partial charge < -0.3 is 20.2 Å². The molecular weight excluding hydrogens is 368 g/mol. The van der Waals surface area contributed by atoms with Crippen LogP contribution in [0.4, 0.5) is 0 Å². The number of nitrogens with zero attached hydrogens (tertiary/aromatic N) is 2. The first-order valence-corrected chi connectivity index (χ1v) is 9.12.